The molecule has 1 aliphatic rings. The van der Waals surface area contributed by atoms with Gasteiger partial charge in [0.25, 0.3) is 0 Å². The summed E-state index contributed by atoms with van der Waals surface area (Å²) in [7, 11) is 0. The van der Waals surface area contributed by atoms with Crippen LogP contribution in [0.1, 0.15) is 26.2 Å². The van der Waals surface area contributed by atoms with Crippen LogP contribution in [0.2, 0.25) is 0 Å². The second-order valence-electron chi connectivity index (χ2n) is 4.08. The Labute approximate surface area is 96.2 Å². The largest absolute Gasteiger partial charge is 0.396 e. The Morgan fingerprint density at radius 3 is 3.00 bits per heavy atom. The van der Waals surface area contributed by atoms with Crippen LogP contribution in [0.4, 0.5) is 0 Å². The SMILES string of the molecule is CCCCSCC(=O)N1CCC(CO)C1. The molecule has 3 nitrogen and oxygen atoms in total. The number of aliphatic hydroxyl groups excluding tert-OH is 1. The number of nitrogens with zero attached hydrogens (tertiary/aromatic N) is 1. The van der Waals surface area contributed by atoms with Gasteiger partial charge in [-0.3, -0.25) is 4.79 Å². The fourth-order valence-corrected chi connectivity index (χ4v) is 2.70. The van der Waals surface area contributed by atoms with E-state index in [9.17, 15) is 4.79 Å². The number of hydrogen-bond acceptors (Lipinski definition) is 3. The van der Waals surface area contributed by atoms with Crippen molar-refractivity contribution in [1.29, 1.82) is 0 Å². The highest BCUT2D eigenvalue weighted by Crippen LogP contribution is 2.16. The van der Waals surface area contributed by atoms with E-state index in [4.69, 9.17) is 5.11 Å². The molecule has 4 heteroatoms. The minimum absolute atomic E-state index is 0.215. The van der Waals surface area contributed by atoms with E-state index >= 15 is 0 Å². The van der Waals surface area contributed by atoms with E-state index in [1.165, 1.54) is 12.8 Å². The average Bonchev–Trinajstić information content (AvgIpc) is 2.72. The summed E-state index contributed by atoms with van der Waals surface area (Å²) >= 11 is 1.73. The molecule has 0 spiro atoms. The summed E-state index contributed by atoms with van der Waals surface area (Å²) in [6.45, 7) is 3.96. The lowest BCUT2D eigenvalue weighted by molar-refractivity contribution is -0.127. The highest BCUT2D eigenvalue weighted by molar-refractivity contribution is 7.99. The summed E-state index contributed by atoms with van der Waals surface area (Å²) in [6, 6.07) is 0. The van der Waals surface area contributed by atoms with Crippen molar-refractivity contribution < 1.29 is 9.90 Å². The van der Waals surface area contributed by atoms with E-state index in [-0.39, 0.29) is 12.5 Å². The highest BCUT2D eigenvalue weighted by atomic mass is 32.2. The van der Waals surface area contributed by atoms with Crippen LogP contribution in [0.3, 0.4) is 0 Å². The van der Waals surface area contributed by atoms with E-state index in [1.54, 1.807) is 11.8 Å². The van der Waals surface area contributed by atoms with Gasteiger partial charge < -0.3 is 10.0 Å². The Balaban J connectivity index is 2.12. The van der Waals surface area contributed by atoms with Gasteiger partial charge >= 0.3 is 0 Å². The van der Waals surface area contributed by atoms with Crippen LogP contribution in [0.25, 0.3) is 0 Å². The molecule has 1 N–H and O–H groups in total. The Morgan fingerprint density at radius 2 is 2.40 bits per heavy atom. The Bertz CT molecular complexity index is 199. The van der Waals surface area contributed by atoms with Gasteiger partial charge in [0.15, 0.2) is 0 Å². The van der Waals surface area contributed by atoms with E-state index in [2.05, 4.69) is 6.92 Å². The standard InChI is InChI=1S/C11H21NO2S/c1-2-3-6-15-9-11(14)12-5-4-10(7-12)8-13/h10,13H,2-9H2,1H3. The minimum atomic E-state index is 0.215. The first-order valence-electron chi connectivity index (χ1n) is 5.74. The zero-order valence-electron chi connectivity index (χ0n) is 9.45. The normalized spacial score (nSPS) is 20.9. The van der Waals surface area contributed by atoms with Gasteiger partial charge in [-0.15, -0.1) is 0 Å². The van der Waals surface area contributed by atoms with Gasteiger partial charge in [0.05, 0.1) is 5.75 Å². The smallest absolute Gasteiger partial charge is 0.232 e. The molecule has 1 unspecified atom stereocenters. The summed E-state index contributed by atoms with van der Waals surface area (Å²) in [4.78, 5) is 13.6. The van der Waals surface area contributed by atoms with Crippen LogP contribution in [0.5, 0.6) is 0 Å². The molecule has 0 saturated carbocycles. The van der Waals surface area contributed by atoms with Gasteiger partial charge in [-0.2, -0.15) is 11.8 Å². The number of thioether (sulfide) groups is 1. The van der Waals surface area contributed by atoms with Gasteiger partial charge in [-0.05, 0) is 18.6 Å². The van der Waals surface area contributed by atoms with Crippen LogP contribution >= 0.6 is 11.8 Å². The first-order chi connectivity index (χ1) is 7.27. The lowest BCUT2D eigenvalue weighted by Gasteiger charge is -2.15. The number of carbonyl (C=O) groups excluding carboxylic acids is 1. The quantitative estimate of drug-likeness (QED) is 0.702. The molecular formula is C11H21NO2S. The lowest BCUT2D eigenvalue weighted by Crippen LogP contribution is -2.30. The van der Waals surface area contributed by atoms with Crippen molar-refractivity contribution in [3.05, 3.63) is 0 Å². The number of rotatable bonds is 6. The number of unbranched alkanes of at least 4 members (excludes halogenated alkanes) is 1. The molecule has 88 valence electrons. The molecule has 1 amide bonds. The van der Waals surface area contributed by atoms with Crippen molar-refractivity contribution in [2.45, 2.75) is 26.2 Å². The van der Waals surface area contributed by atoms with Crippen molar-refractivity contribution in [2.75, 3.05) is 31.2 Å². The lowest BCUT2D eigenvalue weighted by atomic mass is 10.1. The Morgan fingerprint density at radius 1 is 1.60 bits per heavy atom. The zero-order chi connectivity index (χ0) is 11.1. The third-order valence-electron chi connectivity index (χ3n) is 2.76. The predicted octanol–water partition coefficient (Wildman–Crippen LogP) is 1.36. The summed E-state index contributed by atoms with van der Waals surface area (Å²) in [5.74, 6) is 2.25. The fraction of sp³-hybridized carbons (Fsp3) is 0.909. The molecule has 0 aromatic carbocycles. The third kappa shape index (κ3) is 4.43. The first kappa shape index (κ1) is 12.8. The molecule has 1 heterocycles. The summed E-state index contributed by atoms with van der Waals surface area (Å²) in [5.41, 5.74) is 0. The molecule has 0 bridgehead atoms. The molecular weight excluding hydrogens is 210 g/mol. The molecule has 1 rings (SSSR count). The molecule has 0 radical (unpaired) electrons. The van der Waals surface area contributed by atoms with Crippen LogP contribution in [0.15, 0.2) is 0 Å². The molecule has 15 heavy (non-hydrogen) atoms. The van der Waals surface area contributed by atoms with E-state index in [0.717, 1.165) is 25.3 Å². The Kier molecular flexibility index (Phi) is 6.10. The number of likely N-dealkylation sites (tertiary alicyclic amines) is 1. The van der Waals surface area contributed by atoms with Crippen molar-refractivity contribution in [3.63, 3.8) is 0 Å². The maximum absolute atomic E-state index is 11.7. The van der Waals surface area contributed by atoms with Crippen LogP contribution in [-0.2, 0) is 4.79 Å². The summed E-state index contributed by atoms with van der Waals surface area (Å²) in [5, 5.41) is 8.97. The predicted molar refractivity (Wildman–Crippen MR) is 64.0 cm³/mol. The third-order valence-corrected chi connectivity index (χ3v) is 3.79. The van der Waals surface area contributed by atoms with Crippen LogP contribution < -0.4 is 0 Å². The van der Waals surface area contributed by atoms with E-state index < -0.39 is 0 Å². The van der Waals surface area contributed by atoms with Gasteiger partial charge in [-0.25, -0.2) is 0 Å². The number of hydrogen-bond donors (Lipinski definition) is 1. The zero-order valence-corrected chi connectivity index (χ0v) is 10.3. The molecule has 0 aromatic heterocycles. The monoisotopic (exact) mass is 231 g/mol. The van der Waals surface area contributed by atoms with Gasteiger partial charge in [0, 0.05) is 25.6 Å². The van der Waals surface area contributed by atoms with E-state index in [0.29, 0.717) is 11.7 Å². The van der Waals surface area contributed by atoms with Gasteiger partial charge in [0.1, 0.15) is 0 Å². The maximum Gasteiger partial charge on any atom is 0.232 e. The van der Waals surface area contributed by atoms with Crippen LogP contribution in [-0.4, -0.2) is 47.1 Å². The number of aliphatic hydroxyl groups is 1. The van der Waals surface area contributed by atoms with E-state index in [1.807, 2.05) is 4.90 Å². The topological polar surface area (TPSA) is 40.5 Å². The van der Waals surface area contributed by atoms with Crippen LogP contribution in [0, 0.1) is 5.92 Å². The van der Waals surface area contributed by atoms with Crippen molar-refractivity contribution in [3.8, 4) is 0 Å². The number of amides is 1. The fourth-order valence-electron chi connectivity index (χ4n) is 1.71. The average molecular weight is 231 g/mol. The number of carbonyl (C=O) groups is 1. The first-order valence-corrected chi connectivity index (χ1v) is 6.89. The second-order valence-corrected chi connectivity index (χ2v) is 5.19. The molecule has 0 aromatic rings. The summed E-state index contributed by atoms with van der Waals surface area (Å²) in [6.07, 6.45) is 3.34. The van der Waals surface area contributed by atoms with Gasteiger partial charge in [0.2, 0.25) is 5.91 Å². The van der Waals surface area contributed by atoms with Crippen molar-refractivity contribution >= 4 is 17.7 Å². The molecule has 1 fully saturated rings. The maximum atomic E-state index is 11.7. The van der Waals surface area contributed by atoms with Crippen molar-refractivity contribution in [1.82, 2.24) is 4.90 Å². The molecule has 1 atom stereocenters. The van der Waals surface area contributed by atoms with Gasteiger partial charge in [-0.1, -0.05) is 13.3 Å². The Hall–Kier alpha value is -0.220. The minimum Gasteiger partial charge on any atom is -0.396 e. The highest BCUT2D eigenvalue weighted by Gasteiger charge is 2.24. The summed E-state index contributed by atoms with van der Waals surface area (Å²) < 4.78 is 0. The molecule has 1 aliphatic heterocycles. The molecule has 0 aliphatic carbocycles. The molecule has 1 saturated heterocycles. The van der Waals surface area contributed by atoms with Crippen molar-refractivity contribution in [2.24, 2.45) is 5.92 Å². The second kappa shape index (κ2) is 7.12.